The molecule has 0 heterocycles. The Labute approximate surface area is 111 Å². The van der Waals surface area contributed by atoms with Crippen molar-refractivity contribution in [2.75, 3.05) is 0 Å². The van der Waals surface area contributed by atoms with Crippen molar-refractivity contribution in [3.63, 3.8) is 0 Å². The predicted molar refractivity (Wildman–Crippen MR) is 12.9 cm³/mol. The second-order valence-corrected chi connectivity index (χ2v) is 4.65. The molecule has 0 aromatic heterocycles. The SMILES string of the molecule is O=[As]([O-])([O-])[O-].O=[As]([O-])([O-])[O-].[Cu].[Cu].[Cu]. The summed E-state index contributed by atoms with van der Waals surface area (Å²) < 4.78 is 68.9. The maximum atomic E-state index is 8.61. The molecule has 0 spiro atoms. The molecule has 0 aliphatic rings. The Kier molecular flexibility index (Phi) is 27.4. The first-order valence-corrected chi connectivity index (χ1v) is 7.59. The van der Waals surface area contributed by atoms with Gasteiger partial charge in [0.15, 0.2) is 0 Å². The molecule has 97 valence electrons. The third kappa shape index (κ3) is 491. The van der Waals surface area contributed by atoms with Crippen LogP contribution in [0.2, 0.25) is 0 Å². The van der Waals surface area contributed by atoms with Gasteiger partial charge in [-0.1, -0.05) is 0 Å². The molecular weight excluding hydrogens is 468 g/mol. The minimum Gasteiger partial charge on any atom is 0 e. The van der Waals surface area contributed by atoms with E-state index < -0.39 is 29.0 Å². The summed E-state index contributed by atoms with van der Waals surface area (Å²) in [6.07, 6.45) is 0. The fourth-order valence-electron chi connectivity index (χ4n) is 0. The zero-order valence-corrected chi connectivity index (χ0v) is 11.6. The van der Waals surface area contributed by atoms with Gasteiger partial charge in [-0.2, -0.15) is 0 Å². The molecular formula is As2Cu3O8-6. The van der Waals surface area contributed by atoms with E-state index in [2.05, 4.69) is 0 Å². The topological polar surface area (TPSA) is 172 Å². The van der Waals surface area contributed by atoms with Crippen LogP contribution in [0.4, 0.5) is 0 Å². The summed E-state index contributed by atoms with van der Waals surface area (Å²) in [5, 5.41) is 0. The van der Waals surface area contributed by atoms with Gasteiger partial charge < -0.3 is 0 Å². The second kappa shape index (κ2) is 12.1. The predicted octanol–water partition coefficient (Wildman–Crippen LogP) is -8.14. The largest absolute Gasteiger partial charge is 0 e. The Morgan fingerprint density at radius 3 is 0.538 bits per heavy atom. The van der Waals surface area contributed by atoms with Gasteiger partial charge in [-0.3, -0.25) is 0 Å². The summed E-state index contributed by atoms with van der Waals surface area (Å²) in [6, 6.07) is 0. The van der Waals surface area contributed by atoms with Crippen LogP contribution < -0.4 is 24.6 Å². The summed E-state index contributed by atoms with van der Waals surface area (Å²) in [5.41, 5.74) is 0. The Hall–Kier alpha value is 2.04. The first kappa shape index (κ1) is 29.4. The Balaban J connectivity index is -0.0000000267. The molecule has 13 heavy (non-hydrogen) atoms. The third-order valence-corrected chi connectivity index (χ3v) is 0. The van der Waals surface area contributed by atoms with E-state index in [9.17, 15) is 0 Å². The van der Waals surface area contributed by atoms with E-state index in [4.69, 9.17) is 32.1 Å². The van der Waals surface area contributed by atoms with Crippen molar-refractivity contribution in [3.8, 4) is 0 Å². The van der Waals surface area contributed by atoms with Crippen LogP contribution in [0.5, 0.6) is 0 Å². The van der Waals surface area contributed by atoms with E-state index in [1.54, 1.807) is 0 Å². The molecule has 0 aliphatic carbocycles. The third-order valence-electron chi connectivity index (χ3n) is 0. The first-order chi connectivity index (χ1) is 4.00. The Bertz CT molecular complexity index is 130. The van der Waals surface area contributed by atoms with Crippen LogP contribution in [0.25, 0.3) is 0 Å². The molecule has 0 N–H and O–H groups in total. The average molecular weight is 468 g/mol. The zero-order chi connectivity index (χ0) is 9.00. The van der Waals surface area contributed by atoms with Crippen molar-refractivity contribution in [2.45, 2.75) is 0 Å². The summed E-state index contributed by atoms with van der Waals surface area (Å²) in [4.78, 5) is 0. The monoisotopic (exact) mass is 467 g/mol. The molecule has 3 radical (unpaired) electrons. The van der Waals surface area contributed by atoms with Crippen molar-refractivity contribution < 1.29 is 83.3 Å². The van der Waals surface area contributed by atoms with E-state index in [1.807, 2.05) is 0 Å². The Morgan fingerprint density at radius 2 is 0.538 bits per heavy atom. The van der Waals surface area contributed by atoms with E-state index in [1.165, 1.54) is 0 Å². The maximum absolute atomic E-state index is 8.61. The molecule has 0 aliphatic heterocycles. The van der Waals surface area contributed by atoms with Gasteiger partial charge in [0.05, 0.1) is 0 Å². The van der Waals surface area contributed by atoms with Crippen LogP contribution in [0.15, 0.2) is 0 Å². The molecule has 0 atom stereocenters. The van der Waals surface area contributed by atoms with Crippen LogP contribution in [-0.4, -0.2) is 29.0 Å². The van der Waals surface area contributed by atoms with E-state index in [0.29, 0.717) is 0 Å². The Morgan fingerprint density at radius 1 is 0.538 bits per heavy atom. The van der Waals surface area contributed by atoms with Gasteiger partial charge in [0.2, 0.25) is 0 Å². The van der Waals surface area contributed by atoms with Gasteiger partial charge >= 0.3 is 61.1 Å². The molecule has 0 rings (SSSR count). The fraction of sp³-hybridized carbons (Fsp3) is 0. The molecule has 8 nitrogen and oxygen atoms in total. The average Bonchev–Trinajstić information content (AvgIpc) is 1.12. The first-order valence-electron chi connectivity index (χ1n) is 1.46. The fourth-order valence-corrected chi connectivity index (χ4v) is 0. The standard InChI is InChI=1S/2AsH3O4.3Cu/c2*2-1(3,4)5;;;/h2*(H3,2,3,4,5);;;/p-6. The normalized spacial score (nSPS) is 9.08. The van der Waals surface area contributed by atoms with Gasteiger partial charge in [0.25, 0.3) is 0 Å². The van der Waals surface area contributed by atoms with E-state index in [-0.39, 0.29) is 51.2 Å². The maximum Gasteiger partial charge on any atom is 0 e. The minimum absolute atomic E-state index is 0. The molecule has 0 aromatic rings. The van der Waals surface area contributed by atoms with E-state index in [0.717, 1.165) is 0 Å². The van der Waals surface area contributed by atoms with Crippen molar-refractivity contribution in [3.05, 3.63) is 0 Å². The van der Waals surface area contributed by atoms with Crippen molar-refractivity contribution in [1.82, 2.24) is 0 Å². The molecule has 13 heteroatoms. The number of hydrogen-bond donors (Lipinski definition) is 0. The molecule has 0 saturated carbocycles. The van der Waals surface area contributed by atoms with Gasteiger partial charge in [0.1, 0.15) is 0 Å². The van der Waals surface area contributed by atoms with Crippen molar-refractivity contribution in [2.24, 2.45) is 0 Å². The van der Waals surface area contributed by atoms with Crippen LogP contribution in [-0.2, 0) is 58.7 Å². The van der Waals surface area contributed by atoms with Crippen LogP contribution in [0.3, 0.4) is 0 Å². The van der Waals surface area contributed by atoms with Crippen LogP contribution >= 0.6 is 0 Å². The smallest absolute Gasteiger partial charge is 0 e. The van der Waals surface area contributed by atoms with E-state index >= 15 is 0 Å². The van der Waals surface area contributed by atoms with Gasteiger partial charge in [-0.05, 0) is 0 Å². The number of rotatable bonds is 0. The molecule has 0 saturated heterocycles. The van der Waals surface area contributed by atoms with Crippen molar-refractivity contribution in [1.29, 1.82) is 0 Å². The van der Waals surface area contributed by atoms with Gasteiger partial charge in [0, 0.05) is 51.2 Å². The molecule has 0 aromatic carbocycles. The molecule has 0 unspecified atom stereocenters. The molecule has 0 fully saturated rings. The zero-order valence-electron chi connectivity index (χ0n) is 5.06. The minimum atomic E-state index is -5.88. The summed E-state index contributed by atoms with van der Waals surface area (Å²) in [6.45, 7) is 0. The summed E-state index contributed by atoms with van der Waals surface area (Å²) >= 11 is -11.8. The van der Waals surface area contributed by atoms with Crippen LogP contribution in [0, 0.1) is 0 Å². The van der Waals surface area contributed by atoms with Gasteiger partial charge in [-0.15, -0.1) is 0 Å². The van der Waals surface area contributed by atoms with Crippen molar-refractivity contribution >= 4 is 29.0 Å². The second-order valence-electron chi connectivity index (χ2n) is 0.894. The quantitative estimate of drug-likeness (QED) is 0.315. The van der Waals surface area contributed by atoms with Crippen LogP contribution in [0.1, 0.15) is 0 Å². The van der Waals surface area contributed by atoms with Gasteiger partial charge in [-0.25, -0.2) is 0 Å². The number of hydrogen-bond acceptors (Lipinski definition) is 8. The molecule has 0 bridgehead atoms. The molecule has 0 amide bonds. The summed E-state index contributed by atoms with van der Waals surface area (Å²) in [7, 11) is 0. The summed E-state index contributed by atoms with van der Waals surface area (Å²) in [5.74, 6) is 0.